The molecule has 0 radical (unpaired) electrons. The maximum atomic E-state index is 12.9. The first kappa shape index (κ1) is 22.6. The second-order valence-corrected chi connectivity index (χ2v) is 7.23. The number of aliphatic imine (C=N–C) groups is 1. The molecule has 2 atom stereocenters. The van der Waals surface area contributed by atoms with Gasteiger partial charge in [0.2, 0.25) is 0 Å². The van der Waals surface area contributed by atoms with E-state index in [1.165, 1.54) is 35.7 Å². The Hall–Kier alpha value is -3.69. The van der Waals surface area contributed by atoms with E-state index in [1.807, 2.05) is 6.92 Å². The molecule has 0 aromatic carbocycles. The number of amidine groups is 1. The van der Waals surface area contributed by atoms with Crippen molar-refractivity contribution in [3.63, 3.8) is 0 Å². The number of piperidine rings is 1. The molecule has 1 fully saturated rings. The molecule has 2 amide bonds. The number of likely N-dealkylation sites (tertiary alicyclic amines) is 1. The van der Waals surface area contributed by atoms with Gasteiger partial charge < -0.3 is 27.4 Å². The zero-order chi connectivity index (χ0) is 22.3. The van der Waals surface area contributed by atoms with Crippen molar-refractivity contribution in [2.45, 2.75) is 32.7 Å². The molecule has 1 aliphatic heterocycles. The van der Waals surface area contributed by atoms with Crippen LogP contribution < -0.4 is 22.5 Å². The number of carbonyl (C=O) groups excluding carboxylic acids is 2. The Morgan fingerprint density at radius 2 is 2.13 bits per heavy atom. The Bertz CT molecular complexity index is 906. The minimum atomic E-state index is -0.767. The van der Waals surface area contributed by atoms with Gasteiger partial charge in [0.25, 0.3) is 0 Å². The highest BCUT2D eigenvalue weighted by atomic mass is 16.2. The predicted molar refractivity (Wildman–Crippen MR) is 118 cm³/mol. The molecule has 1 aromatic rings. The number of anilines is 2. The number of aromatic nitrogens is 1. The Labute approximate surface area is 175 Å². The third-order valence-electron chi connectivity index (χ3n) is 4.77. The van der Waals surface area contributed by atoms with E-state index < -0.39 is 17.9 Å². The molecule has 10 heteroatoms. The van der Waals surface area contributed by atoms with E-state index in [4.69, 9.17) is 22.6 Å². The summed E-state index contributed by atoms with van der Waals surface area (Å²) in [7, 11) is 0. The number of nitrogen functional groups attached to an aromatic ring is 1. The highest BCUT2D eigenvalue weighted by molar-refractivity contribution is 6.39. The fourth-order valence-corrected chi connectivity index (χ4v) is 3.14. The van der Waals surface area contributed by atoms with Crippen LogP contribution in [0.25, 0.3) is 0 Å². The van der Waals surface area contributed by atoms with Gasteiger partial charge in [-0.15, -0.1) is 0 Å². The fraction of sp³-hybridized carbons (Fsp3) is 0.350. The van der Waals surface area contributed by atoms with Crippen LogP contribution in [-0.4, -0.2) is 46.3 Å². The van der Waals surface area contributed by atoms with Gasteiger partial charge in [0.15, 0.2) is 0 Å². The molecule has 2 rings (SSSR count). The summed E-state index contributed by atoms with van der Waals surface area (Å²) in [6, 6.07) is 1.22. The Kier molecular flexibility index (Phi) is 7.68. The van der Waals surface area contributed by atoms with Crippen LogP contribution in [0.3, 0.4) is 0 Å². The Balaban J connectivity index is 2.15. The van der Waals surface area contributed by atoms with Gasteiger partial charge in [-0.25, -0.2) is 9.98 Å². The van der Waals surface area contributed by atoms with Gasteiger partial charge in [-0.1, -0.05) is 6.92 Å². The summed E-state index contributed by atoms with van der Waals surface area (Å²) in [5.41, 5.74) is 18.6. The van der Waals surface area contributed by atoms with Crippen LogP contribution >= 0.6 is 0 Å². The highest BCUT2D eigenvalue weighted by Gasteiger charge is 2.34. The monoisotopic (exact) mass is 412 g/mol. The van der Waals surface area contributed by atoms with Crippen LogP contribution in [0.15, 0.2) is 41.3 Å². The van der Waals surface area contributed by atoms with E-state index in [1.54, 1.807) is 13.0 Å². The number of pyridine rings is 1. The smallest absolute Gasteiger partial charge is 0.313 e. The summed E-state index contributed by atoms with van der Waals surface area (Å²) in [6.07, 6.45) is 8.35. The van der Waals surface area contributed by atoms with Gasteiger partial charge in [-0.05, 0) is 55.7 Å². The molecule has 8 N–H and O–H groups in total. The van der Waals surface area contributed by atoms with Crippen LogP contribution in [0.2, 0.25) is 0 Å². The van der Waals surface area contributed by atoms with Crippen molar-refractivity contribution >= 4 is 35.4 Å². The first-order chi connectivity index (χ1) is 14.2. The molecular weight excluding hydrogens is 384 g/mol. The van der Waals surface area contributed by atoms with E-state index in [9.17, 15) is 9.59 Å². The second-order valence-electron chi connectivity index (χ2n) is 7.23. The number of hydrogen-bond acceptors (Lipinski definition) is 7. The molecule has 160 valence electrons. The van der Waals surface area contributed by atoms with Gasteiger partial charge in [0, 0.05) is 18.5 Å². The molecule has 1 saturated heterocycles. The van der Waals surface area contributed by atoms with Crippen molar-refractivity contribution in [2.75, 3.05) is 17.6 Å². The molecule has 1 aromatic heterocycles. The van der Waals surface area contributed by atoms with Crippen LogP contribution in [0.5, 0.6) is 0 Å². The lowest BCUT2D eigenvalue weighted by atomic mass is 9.92. The Morgan fingerprint density at radius 1 is 1.40 bits per heavy atom. The maximum Gasteiger partial charge on any atom is 0.313 e. The van der Waals surface area contributed by atoms with Crippen LogP contribution in [0.4, 0.5) is 11.5 Å². The zero-order valence-corrected chi connectivity index (χ0v) is 17.1. The van der Waals surface area contributed by atoms with Gasteiger partial charge in [0.05, 0.1) is 17.9 Å². The van der Waals surface area contributed by atoms with Crippen molar-refractivity contribution in [1.82, 2.24) is 9.88 Å². The number of rotatable bonds is 4. The van der Waals surface area contributed by atoms with Crippen LogP contribution in [0, 0.1) is 18.3 Å². The fourth-order valence-electron chi connectivity index (χ4n) is 3.14. The topological polar surface area (TPSA) is 177 Å². The number of nitrogens with one attached hydrogen (secondary N) is 2. The summed E-state index contributed by atoms with van der Waals surface area (Å²) < 4.78 is 0. The van der Waals surface area contributed by atoms with Gasteiger partial charge in [-0.2, -0.15) is 0 Å². The molecule has 0 aliphatic carbocycles. The molecule has 2 heterocycles. The van der Waals surface area contributed by atoms with E-state index in [2.05, 4.69) is 15.3 Å². The molecule has 1 aliphatic rings. The first-order valence-electron chi connectivity index (χ1n) is 9.53. The third kappa shape index (κ3) is 5.90. The SMILES string of the molecule is Cc1cc(NC(=O)C(=O)N2C[C@H](C)CC[C@H]2C(N)=CC=NC(=N)/C=C\N)cnc1N. The lowest BCUT2D eigenvalue weighted by Gasteiger charge is -2.38. The molecule has 30 heavy (non-hydrogen) atoms. The molecule has 0 unspecified atom stereocenters. The van der Waals surface area contributed by atoms with Crippen molar-refractivity contribution in [3.05, 3.63) is 41.9 Å². The van der Waals surface area contributed by atoms with Crippen molar-refractivity contribution in [1.29, 1.82) is 5.41 Å². The number of nitrogens with two attached hydrogens (primary N) is 3. The minimum absolute atomic E-state index is 0.0291. The normalized spacial score (nSPS) is 19.9. The van der Waals surface area contributed by atoms with Crippen LogP contribution in [0.1, 0.15) is 25.3 Å². The third-order valence-corrected chi connectivity index (χ3v) is 4.77. The number of carbonyl (C=O) groups is 2. The average Bonchev–Trinajstić information content (AvgIpc) is 2.70. The summed E-state index contributed by atoms with van der Waals surface area (Å²) in [4.78, 5) is 34.8. The van der Waals surface area contributed by atoms with E-state index in [0.29, 0.717) is 35.7 Å². The van der Waals surface area contributed by atoms with Gasteiger partial charge >= 0.3 is 11.8 Å². The van der Waals surface area contributed by atoms with Crippen molar-refractivity contribution < 1.29 is 9.59 Å². The Morgan fingerprint density at radius 3 is 2.80 bits per heavy atom. The highest BCUT2D eigenvalue weighted by Crippen LogP contribution is 2.25. The van der Waals surface area contributed by atoms with Crippen molar-refractivity contribution in [2.24, 2.45) is 22.4 Å². The number of allylic oxidation sites excluding steroid dienone is 1. The molecular formula is C20H28N8O2. The largest absolute Gasteiger partial charge is 0.404 e. The molecule has 10 nitrogen and oxygen atoms in total. The lowest BCUT2D eigenvalue weighted by Crippen LogP contribution is -2.52. The zero-order valence-electron chi connectivity index (χ0n) is 17.1. The average molecular weight is 412 g/mol. The summed E-state index contributed by atoms with van der Waals surface area (Å²) >= 11 is 0. The molecule has 0 bridgehead atoms. The van der Waals surface area contributed by atoms with E-state index in [-0.39, 0.29) is 11.8 Å². The number of aryl methyl sites for hydroxylation is 1. The van der Waals surface area contributed by atoms with Crippen molar-refractivity contribution in [3.8, 4) is 0 Å². The number of amides is 2. The second kappa shape index (κ2) is 10.2. The standard InChI is InChI=1S/C20H28N8O2/c1-12-3-4-16(15(22)6-8-25-17(23)5-7-21)28(11-12)20(30)19(29)27-14-9-13(2)18(24)26-10-14/h5-10,12,16,23H,3-4,11,21-22H2,1-2H3,(H2,24,26)(H,27,29)/b7-5-,15-6?,23-17?,25-8?/t12-,16+/m1/s1. The predicted octanol–water partition coefficient (Wildman–Crippen LogP) is 0.901. The maximum absolute atomic E-state index is 12.9. The summed E-state index contributed by atoms with van der Waals surface area (Å²) in [5, 5.41) is 10.1. The number of hydrogen-bond donors (Lipinski definition) is 5. The molecule has 0 saturated carbocycles. The quantitative estimate of drug-likeness (QED) is 0.279. The summed E-state index contributed by atoms with van der Waals surface area (Å²) in [6.45, 7) is 4.19. The van der Waals surface area contributed by atoms with E-state index in [0.717, 1.165) is 6.42 Å². The van der Waals surface area contributed by atoms with Gasteiger partial charge in [-0.3, -0.25) is 15.0 Å². The lowest BCUT2D eigenvalue weighted by molar-refractivity contribution is -0.145. The van der Waals surface area contributed by atoms with E-state index >= 15 is 0 Å². The van der Waals surface area contributed by atoms with Gasteiger partial charge in [0.1, 0.15) is 11.7 Å². The number of nitrogens with zero attached hydrogens (tertiary/aromatic N) is 3. The van der Waals surface area contributed by atoms with Crippen LogP contribution in [-0.2, 0) is 9.59 Å². The molecule has 0 spiro atoms. The minimum Gasteiger partial charge on any atom is -0.404 e. The first-order valence-corrected chi connectivity index (χ1v) is 9.53. The summed E-state index contributed by atoms with van der Waals surface area (Å²) in [5.74, 6) is -0.871.